The molecule has 0 radical (unpaired) electrons. The van der Waals surface area contributed by atoms with Gasteiger partial charge in [0.05, 0.1) is 0 Å². The molecule has 2 heteroatoms. The van der Waals surface area contributed by atoms with Crippen LogP contribution in [0.5, 0.6) is 5.75 Å². The van der Waals surface area contributed by atoms with Crippen LogP contribution in [0.4, 0.5) is 0 Å². The molecule has 0 saturated heterocycles. The van der Waals surface area contributed by atoms with Gasteiger partial charge in [-0.3, -0.25) is 0 Å². The fourth-order valence-electron chi connectivity index (χ4n) is 0.814. The minimum Gasteiger partial charge on any atom is -0.507 e. The van der Waals surface area contributed by atoms with Gasteiger partial charge in [0.2, 0.25) is 0 Å². The highest BCUT2D eigenvalue weighted by molar-refractivity contribution is 7.47. The summed E-state index contributed by atoms with van der Waals surface area (Å²) in [7, 11) is 0.736. The third kappa shape index (κ3) is 1.71. The summed E-state index contributed by atoms with van der Waals surface area (Å²) >= 11 is 0. The molecule has 1 aromatic carbocycles. The molecule has 1 nitrogen and oxygen atoms in total. The highest BCUT2D eigenvalue weighted by atomic mass is 31.1. The van der Waals surface area contributed by atoms with Crippen LogP contribution in [-0.4, -0.2) is 11.3 Å². The summed E-state index contributed by atoms with van der Waals surface area (Å²) in [6.07, 6.45) is 1.11. The van der Waals surface area contributed by atoms with Gasteiger partial charge in [-0.15, -0.1) is 0 Å². The maximum Gasteiger partial charge on any atom is 0.122 e. The highest BCUT2D eigenvalue weighted by Crippen LogP contribution is 2.16. The highest BCUT2D eigenvalue weighted by Gasteiger charge is 1.94. The second-order valence-electron chi connectivity index (χ2n) is 2.05. The second-order valence-corrected chi connectivity index (χ2v) is 3.65. The third-order valence-electron chi connectivity index (χ3n) is 1.27. The molecule has 0 aliphatic heterocycles. The van der Waals surface area contributed by atoms with Crippen LogP contribution in [0.2, 0.25) is 0 Å². The van der Waals surface area contributed by atoms with Gasteiger partial charge in [-0.2, -0.15) is 0 Å². The van der Waals surface area contributed by atoms with Crippen LogP contribution in [-0.2, 0) is 0 Å². The van der Waals surface area contributed by atoms with Gasteiger partial charge in [0.15, 0.2) is 0 Å². The molecular formula is C8H11OP. The minimum atomic E-state index is 0.433. The topological polar surface area (TPSA) is 20.2 Å². The standard InChI is InChI=1S/C8H11OP/c1-2-10-8-6-4-3-5-7(8)9/h3-6,9-10H,2H2,1H3. The molecule has 1 aromatic rings. The predicted octanol–water partition coefficient (Wildman–Crippen LogP) is 1.72. The van der Waals surface area contributed by atoms with Crippen LogP contribution in [0.1, 0.15) is 6.92 Å². The lowest BCUT2D eigenvalue weighted by Gasteiger charge is -1.99. The molecule has 10 heavy (non-hydrogen) atoms. The Balaban J connectivity index is 2.81. The van der Waals surface area contributed by atoms with Crippen molar-refractivity contribution in [3.05, 3.63) is 24.3 Å². The normalized spacial score (nSPS) is 10.9. The first-order valence-electron chi connectivity index (χ1n) is 3.36. The smallest absolute Gasteiger partial charge is 0.122 e. The molecule has 0 spiro atoms. The summed E-state index contributed by atoms with van der Waals surface area (Å²) in [6, 6.07) is 7.51. The average molecular weight is 154 g/mol. The molecule has 1 unspecified atom stereocenters. The van der Waals surface area contributed by atoms with Gasteiger partial charge in [-0.1, -0.05) is 33.7 Å². The molecule has 0 amide bonds. The van der Waals surface area contributed by atoms with Gasteiger partial charge in [0, 0.05) is 5.30 Å². The summed E-state index contributed by atoms with van der Waals surface area (Å²) in [5.41, 5.74) is 0. The van der Waals surface area contributed by atoms with E-state index in [-0.39, 0.29) is 0 Å². The van der Waals surface area contributed by atoms with Crippen molar-refractivity contribution in [1.82, 2.24) is 0 Å². The van der Waals surface area contributed by atoms with E-state index in [0.717, 1.165) is 20.0 Å². The van der Waals surface area contributed by atoms with E-state index < -0.39 is 0 Å². The molecule has 1 rings (SSSR count). The van der Waals surface area contributed by atoms with E-state index in [4.69, 9.17) is 0 Å². The molecule has 0 saturated carbocycles. The van der Waals surface area contributed by atoms with Crippen molar-refractivity contribution in [2.75, 3.05) is 6.16 Å². The Bertz CT molecular complexity index is 210. The van der Waals surface area contributed by atoms with Crippen molar-refractivity contribution in [3.63, 3.8) is 0 Å². The lowest BCUT2D eigenvalue weighted by Crippen LogP contribution is -1.93. The maximum absolute atomic E-state index is 9.25. The van der Waals surface area contributed by atoms with Gasteiger partial charge in [-0.05, 0) is 12.2 Å². The van der Waals surface area contributed by atoms with Crippen molar-refractivity contribution in [2.45, 2.75) is 6.92 Å². The Morgan fingerprint density at radius 3 is 2.70 bits per heavy atom. The lowest BCUT2D eigenvalue weighted by molar-refractivity contribution is 0.480. The number of rotatable bonds is 2. The Labute approximate surface area is 62.9 Å². The van der Waals surface area contributed by atoms with E-state index in [9.17, 15) is 5.11 Å². The number of para-hydroxylation sites is 1. The van der Waals surface area contributed by atoms with Crippen LogP contribution in [0.15, 0.2) is 24.3 Å². The summed E-state index contributed by atoms with van der Waals surface area (Å²) in [5, 5.41) is 10.3. The minimum absolute atomic E-state index is 0.433. The molecular weight excluding hydrogens is 143 g/mol. The Kier molecular flexibility index (Phi) is 2.70. The first-order valence-corrected chi connectivity index (χ1v) is 4.57. The molecule has 1 atom stereocenters. The number of hydrogen-bond acceptors (Lipinski definition) is 1. The molecule has 0 fully saturated rings. The van der Waals surface area contributed by atoms with E-state index in [1.54, 1.807) is 6.07 Å². The van der Waals surface area contributed by atoms with E-state index in [1.807, 2.05) is 18.2 Å². The number of phenols is 1. The van der Waals surface area contributed by atoms with Crippen molar-refractivity contribution in [2.24, 2.45) is 0 Å². The van der Waals surface area contributed by atoms with E-state index in [1.165, 1.54) is 0 Å². The molecule has 0 aromatic heterocycles. The zero-order valence-corrected chi connectivity index (χ0v) is 6.96. The van der Waals surface area contributed by atoms with Gasteiger partial charge < -0.3 is 5.11 Å². The quantitative estimate of drug-likeness (QED) is 0.643. The maximum atomic E-state index is 9.25. The fourth-order valence-corrected chi connectivity index (χ4v) is 1.67. The van der Waals surface area contributed by atoms with Gasteiger partial charge in [0.25, 0.3) is 0 Å². The van der Waals surface area contributed by atoms with Gasteiger partial charge in [0.1, 0.15) is 5.75 Å². The second kappa shape index (κ2) is 3.58. The fraction of sp³-hybridized carbons (Fsp3) is 0.250. The molecule has 1 N–H and O–H groups in total. The number of hydrogen-bond donors (Lipinski definition) is 1. The molecule has 0 aliphatic rings. The molecule has 0 bridgehead atoms. The van der Waals surface area contributed by atoms with Crippen LogP contribution < -0.4 is 5.30 Å². The average Bonchev–Trinajstić information content (AvgIpc) is 1.94. The zero-order valence-electron chi connectivity index (χ0n) is 5.96. The van der Waals surface area contributed by atoms with Crippen LogP contribution >= 0.6 is 8.58 Å². The summed E-state index contributed by atoms with van der Waals surface area (Å²) < 4.78 is 0. The van der Waals surface area contributed by atoms with E-state index >= 15 is 0 Å². The first kappa shape index (κ1) is 7.56. The zero-order chi connectivity index (χ0) is 7.40. The SMILES string of the molecule is CCPc1ccccc1O. The van der Waals surface area contributed by atoms with Crippen molar-refractivity contribution >= 4 is 13.9 Å². The third-order valence-corrected chi connectivity index (χ3v) is 2.43. The van der Waals surface area contributed by atoms with Crippen LogP contribution in [0, 0.1) is 0 Å². The molecule has 0 aliphatic carbocycles. The van der Waals surface area contributed by atoms with E-state index in [2.05, 4.69) is 6.92 Å². The summed E-state index contributed by atoms with van der Waals surface area (Å²) in [4.78, 5) is 0. The monoisotopic (exact) mass is 154 g/mol. The van der Waals surface area contributed by atoms with Gasteiger partial charge >= 0.3 is 0 Å². The number of benzene rings is 1. The van der Waals surface area contributed by atoms with Crippen molar-refractivity contribution in [3.8, 4) is 5.75 Å². The number of aromatic hydroxyl groups is 1. The Morgan fingerprint density at radius 2 is 2.10 bits per heavy atom. The van der Waals surface area contributed by atoms with Gasteiger partial charge in [-0.25, -0.2) is 0 Å². The largest absolute Gasteiger partial charge is 0.507 e. The Hall–Kier alpha value is -0.550. The summed E-state index contributed by atoms with van der Waals surface area (Å²) in [6.45, 7) is 2.12. The first-order chi connectivity index (χ1) is 4.84. The predicted molar refractivity (Wildman–Crippen MR) is 46.6 cm³/mol. The van der Waals surface area contributed by atoms with Crippen LogP contribution in [0.3, 0.4) is 0 Å². The Morgan fingerprint density at radius 1 is 1.40 bits per heavy atom. The lowest BCUT2D eigenvalue weighted by atomic mass is 10.3. The van der Waals surface area contributed by atoms with Crippen LogP contribution in [0.25, 0.3) is 0 Å². The summed E-state index contributed by atoms with van der Waals surface area (Å²) in [5.74, 6) is 0.433. The van der Waals surface area contributed by atoms with E-state index in [0.29, 0.717) is 5.75 Å². The number of phenolic OH excluding ortho intramolecular Hbond substituents is 1. The van der Waals surface area contributed by atoms with Crippen molar-refractivity contribution in [1.29, 1.82) is 0 Å². The molecule has 54 valence electrons. The van der Waals surface area contributed by atoms with Crippen molar-refractivity contribution < 1.29 is 5.11 Å². The molecule has 0 heterocycles.